The van der Waals surface area contributed by atoms with Crippen LogP contribution >= 0.6 is 11.6 Å². The molecule has 26 heavy (non-hydrogen) atoms. The first-order chi connectivity index (χ1) is 12.6. The molecule has 0 saturated carbocycles. The summed E-state index contributed by atoms with van der Waals surface area (Å²) >= 11 is 3.50. The largest absolute Gasteiger partial charge is 0.467 e. The highest BCUT2D eigenvalue weighted by Gasteiger charge is 2.21. The smallest absolute Gasteiger partial charge is 0.266 e. The molecule has 0 radical (unpaired) electrons. The molecule has 134 valence electrons. The summed E-state index contributed by atoms with van der Waals surface area (Å²) in [6.07, 6.45) is 1.52. The molecule has 6 nitrogen and oxygen atoms in total. The molecule has 1 unspecified atom stereocenters. The van der Waals surface area contributed by atoms with E-state index >= 15 is 0 Å². The lowest BCUT2D eigenvalue weighted by Crippen LogP contribution is -2.27. The number of halogens is 1. The Hall–Kier alpha value is -2.61. The van der Waals surface area contributed by atoms with Crippen LogP contribution in [0.1, 0.15) is 16.1 Å². The van der Waals surface area contributed by atoms with Crippen molar-refractivity contribution < 1.29 is 18.0 Å². The predicted octanol–water partition coefficient (Wildman–Crippen LogP) is 4.14. The van der Waals surface area contributed by atoms with Crippen molar-refractivity contribution in [2.45, 2.75) is 6.54 Å². The van der Waals surface area contributed by atoms with Crippen molar-refractivity contribution in [3.05, 3.63) is 83.3 Å². The maximum absolute atomic E-state index is 12.6. The summed E-state index contributed by atoms with van der Waals surface area (Å²) in [4.78, 5) is 12.6. The van der Waals surface area contributed by atoms with Crippen molar-refractivity contribution >= 4 is 40.1 Å². The summed E-state index contributed by atoms with van der Waals surface area (Å²) in [7, 11) is 0. The van der Waals surface area contributed by atoms with E-state index < -0.39 is 11.3 Å². The van der Waals surface area contributed by atoms with E-state index in [4.69, 9.17) is 16.0 Å². The molecule has 1 amide bonds. The van der Waals surface area contributed by atoms with Crippen molar-refractivity contribution in [3.63, 3.8) is 0 Å². The molecule has 0 aliphatic carbocycles. The Bertz CT molecular complexity index is 913. The van der Waals surface area contributed by atoms with Gasteiger partial charge in [0, 0.05) is 5.02 Å². The number of furan rings is 1. The molecule has 0 fully saturated rings. The number of rotatable bonds is 6. The van der Waals surface area contributed by atoms with E-state index in [1.165, 1.54) is 6.26 Å². The van der Waals surface area contributed by atoms with Crippen LogP contribution in [0.5, 0.6) is 0 Å². The summed E-state index contributed by atoms with van der Waals surface area (Å²) in [5.74, 6) is 0.220. The fourth-order valence-electron chi connectivity index (χ4n) is 2.41. The maximum Gasteiger partial charge on any atom is 0.266 e. The second-order valence-corrected chi connectivity index (χ2v) is 6.54. The highest BCUT2D eigenvalue weighted by atomic mass is 35.5. The number of para-hydroxylation sites is 1. The van der Waals surface area contributed by atoms with Gasteiger partial charge in [-0.05, 0) is 48.5 Å². The highest BCUT2D eigenvalue weighted by Crippen LogP contribution is 2.30. The fourth-order valence-corrected chi connectivity index (χ4v) is 3.16. The van der Waals surface area contributed by atoms with Crippen LogP contribution in [0.2, 0.25) is 5.02 Å². The molecule has 2 N–H and O–H groups in total. The van der Waals surface area contributed by atoms with Gasteiger partial charge >= 0.3 is 0 Å². The Balaban J connectivity index is 1.92. The van der Waals surface area contributed by atoms with Crippen LogP contribution in [0.4, 0.5) is 11.4 Å². The zero-order valence-corrected chi connectivity index (χ0v) is 15.0. The summed E-state index contributed by atoms with van der Waals surface area (Å²) in [5.41, 5.74) is 0.991. The van der Waals surface area contributed by atoms with Gasteiger partial charge in [-0.25, -0.2) is 8.51 Å². The lowest BCUT2D eigenvalue weighted by Gasteiger charge is -2.22. The van der Waals surface area contributed by atoms with Crippen molar-refractivity contribution in [1.29, 1.82) is 0 Å². The van der Waals surface area contributed by atoms with Gasteiger partial charge < -0.3 is 9.73 Å². The van der Waals surface area contributed by atoms with Gasteiger partial charge in [0.2, 0.25) is 0 Å². The molecule has 0 saturated heterocycles. The second-order valence-electron chi connectivity index (χ2n) is 5.28. The number of hydrogen-bond acceptors (Lipinski definition) is 3. The number of hydrogen-bond donors (Lipinski definition) is 2. The van der Waals surface area contributed by atoms with Crippen LogP contribution in [0.3, 0.4) is 0 Å². The number of anilines is 2. The third kappa shape index (κ3) is 4.13. The number of carbonyl (C=O) groups excluding carboxylic acids is 1. The molecule has 0 spiro atoms. The van der Waals surface area contributed by atoms with Gasteiger partial charge in [-0.1, -0.05) is 23.7 Å². The standard InChI is InChI=1S/C18H15ClN2O4S/c19-13-7-9-14(10-8-13)21(26(23)24)17-6-2-1-5-16(17)18(22)20-12-15-4-3-11-25-15/h1-11H,12H2,(H,20,22)(H,23,24). The van der Waals surface area contributed by atoms with E-state index in [0.29, 0.717) is 22.2 Å². The lowest BCUT2D eigenvalue weighted by molar-refractivity contribution is 0.0949. The van der Waals surface area contributed by atoms with Gasteiger partial charge in [0.1, 0.15) is 5.76 Å². The molecule has 8 heteroatoms. The van der Waals surface area contributed by atoms with Crippen LogP contribution < -0.4 is 9.62 Å². The Morgan fingerprint density at radius 1 is 1.12 bits per heavy atom. The molecule has 3 aromatic rings. The molecular weight excluding hydrogens is 376 g/mol. The molecule has 1 aromatic heterocycles. The minimum Gasteiger partial charge on any atom is -0.467 e. The summed E-state index contributed by atoms with van der Waals surface area (Å²) in [6.45, 7) is 0.212. The normalized spacial score (nSPS) is 11.8. The van der Waals surface area contributed by atoms with E-state index in [2.05, 4.69) is 5.32 Å². The minimum absolute atomic E-state index is 0.212. The van der Waals surface area contributed by atoms with Crippen LogP contribution in [-0.2, 0) is 17.8 Å². The van der Waals surface area contributed by atoms with E-state index in [0.717, 1.165) is 4.31 Å². The minimum atomic E-state index is -2.38. The van der Waals surface area contributed by atoms with Gasteiger partial charge in [-0.15, -0.1) is 0 Å². The topological polar surface area (TPSA) is 82.8 Å². The van der Waals surface area contributed by atoms with E-state index in [1.807, 2.05) is 0 Å². The molecule has 0 aliphatic rings. The predicted molar refractivity (Wildman–Crippen MR) is 101 cm³/mol. The van der Waals surface area contributed by atoms with Crippen molar-refractivity contribution in [2.75, 3.05) is 4.31 Å². The lowest BCUT2D eigenvalue weighted by atomic mass is 10.1. The average molecular weight is 391 g/mol. The van der Waals surface area contributed by atoms with Crippen molar-refractivity contribution in [3.8, 4) is 0 Å². The molecule has 2 aromatic carbocycles. The van der Waals surface area contributed by atoms with Gasteiger partial charge in [0.05, 0.1) is 29.7 Å². The van der Waals surface area contributed by atoms with E-state index in [9.17, 15) is 13.6 Å². The zero-order valence-electron chi connectivity index (χ0n) is 13.5. The molecular formula is C18H15ClN2O4S. The first kappa shape index (κ1) is 18.2. The van der Waals surface area contributed by atoms with Crippen LogP contribution in [0, 0.1) is 0 Å². The summed E-state index contributed by atoms with van der Waals surface area (Å²) in [5, 5.41) is 3.24. The fraction of sp³-hybridized carbons (Fsp3) is 0.0556. The molecule has 1 heterocycles. The molecule has 0 bridgehead atoms. The number of nitrogens with one attached hydrogen (secondary N) is 1. The van der Waals surface area contributed by atoms with Gasteiger partial charge in [-0.2, -0.15) is 0 Å². The molecule has 1 atom stereocenters. The average Bonchev–Trinajstić information content (AvgIpc) is 3.15. The third-order valence-electron chi connectivity index (χ3n) is 3.59. The first-order valence-electron chi connectivity index (χ1n) is 7.62. The summed E-state index contributed by atoms with van der Waals surface area (Å²) in [6, 6.07) is 16.5. The number of amides is 1. The second kappa shape index (κ2) is 8.18. The monoisotopic (exact) mass is 390 g/mol. The van der Waals surface area contributed by atoms with Crippen LogP contribution in [-0.4, -0.2) is 14.7 Å². The Morgan fingerprint density at radius 3 is 2.50 bits per heavy atom. The maximum atomic E-state index is 12.6. The van der Waals surface area contributed by atoms with Crippen LogP contribution in [0.25, 0.3) is 0 Å². The highest BCUT2D eigenvalue weighted by molar-refractivity contribution is 7.81. The number of benzene rings is 2. The van der Waals surface area contributed by atoms with Crippen molar-refractivity contribution in [1.82, 2.24) is 5.32 Å². The Labute approximate surface area is 157 Å². The molecule has 0 aliphatic heterocycles. The quantitative estimate of drug-likeness (QED) is 0.620. The Kier molecular flexibility index (Phi) is 5.72. The zero-order chi connectivity index (χ0) is 18.5. The molecule has 3 rings (SSSR count). The first-order valence-corrected chi connectivity index (χ1v) is 9.06. The van der Waals surface area contributed by atoms with E-state index in [1.54, 1.807) is 60.7 Å². The van der Waals surface area contributed by atoms with E-state index in [-0.39, 0.29) is 18.0 Å². The van der Waals surface area contributed by atoms with Gasteiger partial charge in [0.25, 0.3) is 17.2 Å². The van der Waals surface area contributed by atoms with Gasteiger partial charge in [0.15, 0.2) is 0 Å². The number of carbonyl (C=O) groups is 1. The Morgan fingerprint density at radius 2 is 1.85 bits per heavy atom. The van der Waals surface area contributed by atoms with Crippen LogP contribution in [0.15, 0.2) is 71.3 Å². The summed E-state index contributed by atoms with van der Waals surface area (Å²) < 4.78 is 28.1. The van der Waals surface area contributed by atoms with Gasteiger partial charge in [-0.3, -0.25) is 9.35 Å². The van der Waals surface area contributed by atoms with Crippen molar-refractivity contribution in [2.24, 2.45) is 0 Å². The number of nitrogens with zero attached hydrogens (tertiary/aromatic N) is 1. The SMILES string of the molecule is O=C(NCc1ccco1)c1ccccc1N(c1ccc(Cl)cc1)S(=O)O. The third-order valence-corrected chi connectivity index (χ3v) is 4.56.